The molecule has 3 aromatic carbocycles. The van der Waals surface area contributed by atoms with Gasteiger partial charge in [0.15, 0.2) is 0 Å². The molecular weight excluding hydrogens is 432 g/mol. The lowest BCUT2D eigenvalue weighted by Crippen LogP contribution is -2.30. The molecule has 2 N–H and O–H groups in total. The molecule has 0 bridgehead atoms. The first-order valence-electron chi connectivity index (χ1n) is 12.4. The van der Waals surface area contributed by atoms with E-state index in [0.29, 0.717) is 17.9 Å². The molecule has 0 aliphatic rings. The van der Waals surface area contributed by atoms with Gasteiger partial charge in [-0.2, -0.15) is 0 Å². The zero-order valence-corrected chi connectivity index (χ0v) is 20.8. The third-order valence-corrected chi connectivity index (χ3v) is 6.26. The lowest BCUT2D eigenvalue weighted by atomic mass is 10.1. The highest BCUT2D eigenvalue weighted by Gasteiger charge is 2.14. The molecule has 0 spiro atoms. The average molecular weight is 467 g/mol. The largest absolute Gasteiger partial charge is 0.372 e. The highest BCUT2D eigenvalue weighted by atomic mass is 16.1. The van der Waals surface area contributed by atoms with Gasteiger partial charge in [-0.1, -0.05) is 55.5 Å². The fourth-order valence-corrected chi connectivity index (χ4v) is 4.38. The molecule has 4 aromatic rings. The summed E-state index contributed by atoms with van der Waals surface area (Å²) in [7, 11) is 0. The van der Waals surface area contributed by atoms with Crippen molar-refractivity contribution in [3.05, 3.63) is 95.6 Å². The second kappa shape index (κ2) is 11.5. The number of hydrogen-bond donors (Lipinski definition) is 2. The van der Waals surface area contributed by atoms with Gasteiger partial charge in [-0.05, 0) is 68.1 Å². The first kappa shape index (κ1) is 24.3. The number of hydrogen-bond acceptors (Lipinski definition) is 4. The summed E-state index contributed by atoms with van der Waals surface area (Å²) >= 11 is 0. The Morgan fingerprint density at radius 1 is 0.943 bits per heavy atom. The Kier molecular flexibility index (Phi) is 7.99. The number of para-hydroxylation sites is 2. The van der Waals surface area contributed by atoms with E-state index in [2.05, 4.69) is 66.6 Å². The van der Waals surface area contributed by atoms with Gasteiger partial charge in [0.1, 0.15) is 5.82 Å². The molecule has 0 aliphatic carbocycles. The Morgan fingerprint density at radius 3 is 2.54 bits per heavy atom. The van der Waals surface area contributed by atoms with Crippen molar-refractivity contribution in [1.29, 1.82) is 0 Å². The summed E-state index contributed by atoms with van der Waals surface area (Å²) in [5.41, 5.74) is 6.14. The monoisotopic (exact) mass is 466 g/mol. The fraction of sp³-hybridized carbons (Fsp3) is 0.267. The van der Waals surface area contributed by atoms with Gasteiger partial charge in [0.2, 0.25) is 0 Å². The number of aryl methyl sites for hydroxylation is 2. The van der Waals surface area contributed by atoms with Gasteiger partial charge in [0.25, 0.3) is 5.91 Å². The number of rotatable bonds is 10. The molecule has 4 rings (SSSR count). The standard InChI is InChI=1S/C30H34N4O/c1-4-23-13-6-8-16-27(23)32-29-21-26(25-15-7-9-17-28(25)33-29)30(35)31-18-11-19-34(5-2)24-14-10-12-22(3)20-24/h6-10,12-17,20-21H,4-5,11,18-19H2,1-3H3,(H,31,35)(H,32,33). The number of nitrogens with zero attached hydrogens (tertiary/aromatic N) is 2. The Morgan fingerprint density at radius 2 is 1.74 bits per heavy atom. The number of amides is 1. The van der Waals surface area contributed by atoms with E-state index in [9.17, 15) is 4.79 Å². The van der Waals surface area contributed by atoms with Gasteiger partial charge in [-0.15, -0.1) is 0 Å². The van der Waals surface area contributed by atoms with Crippen LogP contribution in [0, 0.1) is 6.92 Å². The van der Waals surface area contributed by atoms with E-state index in [1.54, 1.807) is 0 Å². The molecule has 0 saturated heterocycles. The molecule has 0 radical (unpaired) electrons. The van der Waals surface area contributed by atoms with Crippen LogP contribution in [0.5, 0.6) is 0 Å². The van der Waals surface area contributed by atoms with Crippen molar-refractivity contribution in [3.63, 3.8) is 0 Å². The number of nitrogens with one attached hydrogen (secondary N) is 2. The van der Waals surface area contributed by atoms with Crippen LogP contribution < -0.4 is 15.5 Å². The Bertz CT molecular complexity index is 1300. The van der Waals surface area contributed by atoms with Crippen LogP contribution in [-0.2, 0) is 6.42 Å². The normalized spacial score (nSPS) is 10.8. The summed E-state index contributed by atoms with van der Waals surface area (Å²) < 4.78 is 0. The van der Waals surface area contributed by atoms with Crippen molar-refractivity contribution in [1.82, 2.24) is 10.3 Å². The maximum absolute atomic E-state index is 13.2. The minimum atomic E-state index is -0.0750. The topological polar surface area (TPSA) is 57.3 Å². The summed E-state index contributed by atoms with van der Waals surface area (Å²) in [6.07, 6.45) is 1.78. The number of anilines is 3. The van der Waals surface area contributed by atoms with Crippen molar-refractivity contribution < 1.29 is 4.79 Å². The second-order valence-corrected chi connectivity index (χ2v) is 8.74. The van der Waals surface area contributed by atoms with Crippen LogP contribution in [0.3, 0.4) is 0 Å². The van der Waals surface area contributed by atoms with Crippen LogP contribution in [0.4, 0.5) is 17.2 Å². The van der Waals surface area contributed by atoms with E-state index in [1.807, 2.05) is 48.5 Å². The van der Waals surface area contributed by atoms with Crippen LogP contribution in [0.2, 0.25) is 0 Å². The Hall–Kier alpha value is -3.86. The minimum Gasteiger partial charge on any atom is -0.372 e. The van der Waals surface area contributed by atoms with Crippen LogP contribution in [0.1, 0.15) is 41.8 Å². The molecular formula is C30H34N4O. The maximum atomic E-state index is 13.2. The number of benzene rings is 3. The summed E-state index contributed by atoms with van der Waals surface area (Å²) in [4.78, 5) is 20.3. The maximum Gasteiger partial charge on any atom is 0.252 e. The van der Waals surface area contributed by atoms with Crippen molar-refractivity contribution in [2.24, 2.45) is 0 Å². The third kappa shape index (κ3) is 5.99. The molecule has 1 aromatic heterocycles. The van der Waals surface area contributed by atoms with E-state index in [4.69, 9.17) is 4.98 Å². The first-order valence-corrected chi connectivity index (χ1v) is 12.4. The van der Waals surface area contributed by atoms with Gasteiger partial charge in [0, 0.05) is 36.4 Å². The van der Waals surface area contributed by atoms with E-state index >= 15 is 0 Å². The fourth-order valence-electron chi connectivity index (χ4n) is 4.38. The number of carbonyl (C=O) groups is 1. The van der Waals surface area contributed by atoms with Gasteiger partial charge >= 0.3 is 0 Å². The molecule has 180 valence electrons. The summed E-state index contributed by atoms with van der Waals surface area (Å²) in [6, 6.07) is 26.4. The van der Waals surface area contributed by atoms with Crippen molar-refractivity contribution in [2.45, 2.75) is 33.6 Å². The minimum absolute atomic E-state index is 0.0750. The summed E-state index contributed by atoms with van der Waals surface area (Å²) in [5.74, 6) is 0.598. The van der Waals surface area contributed by atoms with Crippen LogP contribution in [0.25, 0.3) is 10.9 Å². The molecule has 1 heterocycles. The third-order valence-electron chi connectivity index (χ3n) is 6.26. The molecule has 0 saturated carbocycles. The van der Waals surface area contributed by atoms with Gasteiger partial charge in [-0.25, -0.2) is 4.98 Å². The lowest BCUT2D eigenvalue weighted by Gasteiger charge is -2.23. The van der Waals surface area contributed by atoms with Crippen LogP contribution in [-0.4, -0.2) is 30.5 Å². The lowest BCUT2D eigenvalue weighted by molar-refractivity contribution is 0.0955. The second-order valence-electron chi connectivity index (χ2n) is 8.74. The zero-order valence-electron chi connectivity index (χ0n) is 20.8. The highest BCUT2D eigenvalue weighted by Crippen LogP contribution is 2.25. The zero-order chi connectivity index (χ0) is 24.6. The van der Waals surface area contributed by atoms with Crippen molar-refractivity contribution >= 4 is 34.0 Å². The van der Waals surface area contributed by atoms with Gasteiger partial charge in [0.05, 0.1) is 11.1 Å². The number of pyridine rings is 1. The Balaban J connectivity index is 1.46. The van der Waals surface area contributed by atoms with E-state index in [1.165, 1.54) is 16.8 Å². The molecule has 5 nitrogen and oxygen atoms in total. The predicted octanol–water partition coefficient (Wildman–Crippen LogP) is 6.50. The van der Waals surface area contributed by atoms with Crippen LogP contribution in [0.15, 0.2) is 78.9 Å². The number of aromatic nitrogens is 1. The van der Waals surface area contributed by atoms with E-state index in [0.717, 1.165) is 42.5 Å². The van der Waals surface area contributed by atoms with Crippen LogP contribution >= 0.6 is 0 Å². The van der Waals surface area contributed by atoms with Gasteiger partial charge < -0.3 is 15.5 Å². The highest BCUT2D eigenvalue weighted by molar-refractivity contribution is 6.07. The molecule has 5 heteroatoms. The molecule has 35 heavy (non-hydrogen) atoms. The smallest absolute Gasteiger partial charge is 0.252 e. The average Bonchev–Trinajstić information content (AvgIpc) is 2.88. The molecule has 0 unspecified atom stereocenters. The molecule has 1 amide bonds. The quantitative estimate of drug-likeness (QED) is 0.262. The predicted molar refractivity (Wildman–Crippen MR) is 147 cm³/mol. The Labute approximate surface area is 208 Å². The van der Waals surface area contributed by atoms with E-state index < -0.39 is 0 Å². The van der Waals surface area contributed by atoms with Crippen molar-refractivity contribution in [2.75, 3.05) is 29.9 Å². The van der Waals surface area contributed by atoms with Crippen molar-refractivity contribution in [3.8, 4) is 0 Å². The summed E-state index contributed by atoms with van der Waals surface area (Å²) in [6.45, 7) is 8.83. The number of fused-ring (bicyclic) bond motifs is 1. The first-order chi connectivity index (χ1) is 17.1. The molecule has 0 aliphatic heterocycles. The number of carbonyl (C=O) groups excluding carboxylic acids is 1. The SMILES string of the molecule is CCc1ccccc1Nc1cc(C(=O)NCCCN(CC)c2cccc(C)c2)c2ccccc2n1. The molecule has 0 atom stereocenters. The summed E-state index contributed by atoms with van der Waals surface area (Å²) in [5, 5.41) is 7.41. The molecule has 0 fully saturated rings. The van der Waals surface area contributed by atoms with Gasteiger partial charge in [-0.3, -0.25) is 4.79 Å². The van der Waals surface area contributed by atoms with E-state index in [-0.39, 0.29) is 5.91 Å².